The van der Waals surface area contributed by atoms with Gasteiger partial charge in [0, 0.05) is 5.92 Å². The molecule has 3 heteroatoms. The van der Waals surface area contributed by atoms with Crippen molar-refractivity contribution in [3.05, 3.63) is 35.4 Å². The maximum atomic E-state index is 12.3. The van der Waals surface area contributed by atoms with Gasteiger partial charge >= 0.3 is 0 Å². The molecule has 0 heterocycles. The number of hydrogen-bond acceptors (Lipinski definition) is 1. The molecule has 0 aromatic heterocycles. The van der Waals surface area contributed by atoms with Crippen LogP contribution < -0.4 is 0 Å². The molecule has 2 atom stereocenters. The van der Waals surface area contributed by atoms with Gasteiger partial charge in [0.15, 0.2) is 0 Å². The van der Waals surface area contributed by atoms with E-state index >= 15 is 0 Å². The zero-order valence-corrected chi connectivity index (χ0v) is 7.66. The number of benzene rings is 1. The Hall–Kier alpha value is -0.960. The average Bonchev–Trinajstić information content (AvgIpc) is 2.97. The lowest BCUT2D eigenvalue weighted by Crippen LogP contribution is -1.95. The number of aliphatic hydroxyl groups excluding tert-OH is 1. The van der Waals surface area contributed by atoms with E-state index in [0.29, 0.717) is 6.42 Å². The zero-order valence-electron chi connectivity index (χ0n) is 7.66. The maximum Gasteiger partial charge on any atom is 0.242 e. The molecule has 0 spiro atoms. The minimum atomic E-state index is -2.20. The second-order valence-corrected chi connectivity index (χ2v) is 3.74. The normalized spacial score (nSPS) is 25.4. The molecule has 0 bridgehead atoms. The first kappa shape index (κ1) is 9.59. The summed E-state index contributed by atoms with van der Waals surface area (Å²) < 4.78 is 24.5. The molecule has 1 nitrogen and oxygen atoms in total. The molecule has 2 unspecified atom stereocenters. The van der Waals surface area contributed by atoms with Gasteiger partial charge in [-0.3, -0.25) is 0 Å². The average molecular weight is 198 g/mol. The van der Waals surface area contributed by atoms with Crippen molar-refractivity contribution in [2.75, 3.05) is 0 Å². The van der Waals surface area contributed by atoms with Gasteiger partial charge in [0.1, 0.15) is 0 Å². The minimum absolute atomic E-state index is 0.00320. The van der Waals surface area contributed by atoms with Gasteiger partial charge in [0.2, 0.25) is 6.43 Å². The summed E-state index contributed by atoms with van der Waals surface area (Å²) in [4.78, 5) is 0. The van der Waals surface area contributed by atoms with Crippen LogP contribution in [0.1, 0.15) is 23.5 Å². The SMILES string of the molecule is OCc1ccc(C2CC2C(F)F)cc1. The molecule has 1 fully saturated rings. The Kier molecular flexibility index (Phi) is 2.50. The predicted molar refractivity (Wildman–Crippen MR) is 49.2 cm³/mol. The summed E-state index contributed by atoms with van der Waals surface area (Å²) >= 11 is 0. The van der Waals surface area contributed by atoms with E-state index in [0.717, 1.165) is 11.1 Å². The monoisotopic (exact) mass is 198 g/mol. The number of hydrogen-bond donors (Lipinski definition) is 1. The zero-order chi connectivity index (χ0) is 10.1. The molecular formula is C11H12F2O. The largest absolute Gasteiger partial charge is 0.392 e. The summed E-state index contributed by atoms with van der Waals surface area (Å²) in [6, 6.07) is 7.24. The van der Waals surface area contributed by atoms with Gasteiger partial charge in [-0.2, -0.15) is 0 Å². The molecule has 0 radical (unpaired) electrons. The van der Waals surface area contributed by atoms with Gasteiger partial charge in [0.25, 0.3) is 0 Å². The topological polar surface area (TPSA) is 20.2 Å². The fourth-order valence-corrected chi connectivity index (χ4v) is 1.75. The van der Waals surface area contributed by atoms with Crippen LogP contribution in [0.4, 0.5) is 8.78 Å². The lowest BCUT2D eigenvalue weighted by molar-refractivity contribution is 0.120. The molecule has 1 aromatic carbocycles. The number of rotatable bonds is 3. The summed E-state index contributed by atoms with van der Waals surface area (Å²) in [5.41, 5.74) is 1.79. The number of halogens is 2. The predicted octanol–water partition coefficient (Wildman–Crippen LogP) is 2.55. The van der Waals surface area contributed by atoms with Crippen molar-refractivity contribution in [2.24, 2.45) is 5.92 Å². The van der Waals surface area contributed by atoms with E-state index in [-0.39, 0.29) is 12.5 Å². The van der Waals surface area contributed by atoms with Crippen molar-refractivity contribution in [3.63, 3.8) is 0 Å². The molecule has 0 amide bonds. The standard InChI is InChI=1S/C11H12F2O/c12-11(13)10-5-9(10)8-3-1-7(6-14)2-4-8/h1-4,9-11,14H,5-6H2. The smallest absolute Gasteiger partial charge is 0.242 e. The first-order chi connectivity index (χ1) is 6.72. The van der Waals surface area contributed by atoms with Crippen LogP contribution in [0, 0.1) is 5.92 Å². The first-order valence-corrected chi connectivity index (χ1v) is 4.70. The van der Waals surface area contributed by atoms with E-state index in [4.69, 9.17) is 5.11 Å². The third-order valence-electron chi connectivity index (χ3n) is 2.75. The highest BCUT2D eigenvalue weighted by molar-refractivity contribution is 5.29. The minimum Gasteiger partial charge on any atom is -0.392 e. The Bertz CT molecular complexity index is 308. The van der Waals surface area contributed by atoms with E-state index in [9.17, 15) is 8.78 Å². The number of aliphatic hydroxyl groups is 1. The van der Waals surface area contributed by atoms with Crippen LogP contribution in [0.15, 0.2) is 24.3 Å². The van der Waals surface area contributed by atoms with E-state index in [2.05, 4.69) is 0 Å². The molecule has 2 rings (SSSR count). The third kappa shape index (κ3) is 1.77. The summed E-state index contributed by atoms with van der Waals surface area (Å²) in [5.74, 6) is -0.419. The summed E-state index contributed by atoms with van der Waals surface area (Å²) in [5, 5.41) is 8.80. The Morgan fingerprint density at radius 1 is 1.29 bits per heavy atom. The highest BCUT2D eigenvalue weighted by atomic mass is 19.3. The van der Waals surface area contributed by atoms with Crippen LogP contribution in [0.3, 0.4) is 0 Å². The lowest BCUT2D eigenvalue weighted by atomic mass is 10.1. The second-order valence-electron chi connectivity index (χ2n) is 3.74. The van der Waals surface area contributed by atoms with Gasteiger partial charge in [-0.25, -0.2) is 8.78 Å². The van der Waals surface area contributed by atoms with Gasteiger partial charge in [-0.05, 0) is 23.5 Å². The Labute approximate surface area is 81.4 Å². The molecule has 14 heavy (non-hydrogen) atoms. The lowest BCUT2D eigenvalue weighted by Gasteiger charge is -2.01. The highest BCUT2D eigenvalue weighted by Crippen LogP contribution is 2.50. The van der Waals surface area contributed by atoms with Crippen LogP contribution >= 0.6 is 0 Å². The van der Waals surface area contributed by atoms with Crippen molar-refractivity contribution in [3.8, 4) is 0 Å². The molecular weight excluding hydrogens is 186 g/mol. The van der Waals surface area contributed by atoms with Crippen molar-refractivity contribution in [2.45, 2.75) is 25.4 Å². The van der Waals surface area contributed by atoms with Gasteiger partial charge in [-0.15, -0.1) is 0 Å². The van der Waals surface area contributed by atoms with Crippen LogP contribution in [0.2, 0.25) is 0 Å². The van der Waals surface area contributed by atoms with E-state index in [1.807, 2.05) is 12.1 Å². The van der Waals surface area contributed by atoms with E-state index in [1.165, 1.54) is 0 Å². The molecule has 0 saturated heterocycles. The second kappa shape index (κ2) is 3.65. The van der Waals surface area contributed by atoms with Crippen LogP contribution in [0.5, 0.6) is 0 Å². The summed E-state index contributed by atoms with van der Waals surface area (Å²) in [6.07, 6.45) is -1.60. The van der Waals surface area contributed by atoms with Crippen molar-refractivity contribution in [1.29, 1.82) is 0 Å². The fraction of sp³-hybridized carbons (Fsp3) is 0.455. The van der Waals surface area contributed by atoms with E-state index < -0.39 is 12.3 Å². The maximum absolute atomic E-state index is 12.3. The third-order valence-corrected chi connectivity index (χ3v) is 2.75. The van der Waals surface area contributed by atoms with Crippen LogP contribution in [-0.4, -0.2) is 11.5 Å². The van der Waals surface area contributed by atoms with E-state index in [1.54, 1.807) is 12.1 Å². The highest BCUT2D eigenvalue weighted by Gasteiger charge is 2.44. The van der Waals surface area contributed by atoms with Crippen LogP contribution in [-0.2, 0) is 6.61 Å². The van der Waals surface area contributed by atoms with Crippen molar-refractivity contribution < 1.29 is 13.9 Å². The molecule has 1 aromatic rings. The molecule has 0 aliphatic heterocycles. The molecule has 1 aliphatic rings. The Balaban J connectivity index is 2.05. The summed E-state index contributed by atoms with van der Waals surface area (Å²) in [6.45, 7) is 0.00320. The fourth-order valence-electron chi connectivity index (χ4n) is 1.75. The van der Waals surface area contributed by atoms with Crippen LogP contribution in [0.25, 0.3) is 0 Å². The molecule has 1 saturated carbocycles. The van der Waals surface area contributed by atoms with Gasteiger partial charge < -0.3 is 5.11 Å². The number of alkyl halides is 2. The van der Waals surface area contributed by atoms with Crippen molar-refractivity contribution in [1.82, 2.24) is 0 Å². The molecule has 1 aliphatic carbocycles. The quantitative estimate of drug-likeness (QED) is 0.791. The summed E-state index contributed by atoms with van der Waals surface area (Å²) in [7, 11) is 0. The van der Waals surface area contributed by atoms with Crippen molar-refractivity contribution >= 4 is 0 Å². The molecule has 76 valence electrons. The molecule has 1 N–H and O–H groups in total. The van der Waals surface area contributed by atoms with Gasteiger partial charge in [0.05, 0.1) is 6.61 Å². The Morgan fingerprint density at radius 3 is 2.36 bits per heavy atom. The Morgan fingerprint density at radius 2 is 1.93 bits per heavy atom. The first-order valence-electron chi connectivity index (χ1n) is 4.70. The van der Waals surface area contributed by atoms with Gasteiger partial charge in [-0.1, -0.05) is 24.3 Å².